The van der Waals surface area contributed by atoms with E-state index in [1.54, 1.807) is 6.20 Å². The summed E-state index contributed by atoms with van der Waals surface area (Å²) in [4.78, 5) is 14.7. The van der Waals surface area contributed by atoms with E-state index in [9.17, 15) is 5.41 Å². The quantitative estimate of drug-likeness (QED) is 0.127. The molecule has 5 aromatic carbocycles. The van der Waals surface area contributed by atoms with Gasteiger partial charge in [-0.3, -0.25) is 15.8 Å². The monoisotopic (exact) mass is 711 g/mol. The average molecular weight is 712 g/mol. The molecule has 2 N–H and O–H groups in total. The molecule has 0 aliphatic heterocycles. The summed E-state index contributed by atoms with van der Waals surface area (Å²) in [7, 11) is 0. The Bertz CT molecular complexity index is 2920. The molecule has 0 bridgehead atoms. The molecule has 264 valence electrons. The van der Waals surface area contributed by atoms with E-state index in [2.05, 4.69) is 101 Å². The van der Waals surface area contributed by atoms with E-state index in [1.807, 2.05) is 103 Å². The fraction of sp³-hybridized carbons (Fsp3) is 0.0417. The molecule has 4 aromatic heterocycles. The van der Waals surface area contributed by atoms with E-state index < -0.39 is 0 Å². The first-order valence-corrected chi connectivity index (χ1v) is 18.3. The molecule has 0 saturated heterocycles. The number of aromatic nitrogens is 4. The van der Waals surface area contributed by atoms with Crippen molar-refractivity contribution in [1.29, 1.82) is 5.41 Å². The molecule has 0 amide bonds. The van der Waals surface area contributed by atoms with E-state index >= 15 is 0 Å². The maximum atomic E-state index is 9.37. The van der Waals surface area contributed by atoms with Crippen LogP contribution in [-0.2, 0) is 0 Å². The third kappa shape index (κ3) is 6.07. The topological polar surface area (TPSA) is 83.9 Å². The summed E-state index contributed by atoms with van der Waals surface area (Å²) in [5.41, 5.74) is 15.3. The predicted molar refractivity (Wildman–Crippen MR) is 228 cm³/mol. The van der Waals surface area contributed by atoms with Crippen molar-refractivity contribution in [2.24, 2.45) is 4.99 Å². The van der Waals surface area contributed by atoms with Gasteiger partial charge in [-0.2, -0.15) is 0 Å². The number of nitrogens with zero attached hydrogens (tertiary/aromatic N) is 5. The predicted octanol–water partition coefficient (Wildman–Crippen LogP) is 11.2. The maximum absolute atomic E-state index is 9.37. The number of hydrogen-bond donors (Lipinski definition) is 2. The number of para-hydroxylation sites is 1. The molecule has 0 fully saturated rings. The highest BCUT2D eigenvalue weighted by molar-refractivity contribution is 6.19. The molecule has 0 radical (unpaired) electrons. The summed E-state index contributed by atoms with van der Waals surface area (Å²) < 4.78 is 4.29. The van der Waals surface area contributed by atoms with Crippen LogP contribution in [0.2, 0.25) is 0 Å². The number of pyridine rings is 2. The summed E-state index contributed by atoms with van der Waals surface area (Å²) in [6.07, 6.45) is 9.80. The molecule has 7 heteroatoms. The number of aliphatic imine (C=N–C) groups is 1. The molecule has 0 atom stereocenters. The Hall–Kier alpha value is -7.38. The zero-order valence-electron chi connectivity index (χ0n) is 30.5. The van der Waals surface area contributed by atoms with Gasteiger partial charge in [0.25, 0.3) is 0 Å². The van der Waals surface area contributed by atoms with Crippen LogP contribution in [0.4, 0.5) is 0 Å². The van der Waals surface area contributed by atoms with Gasteiger partial charge in [0.1, 0.15) is 0 Å². The van der Waals surface area contributed by atoms with E-state index in [0.29, 0.717) is 11.4 Å². The van der Waals surface area contributed by atoms with Gasteiger partial charge in [-0.1, -0.05) is 121 Å². The Kier molecular flexibility index (Phi) is 8.65. The van der Waals surface area contributed by atoms with Crippen LogP contribution in [0.25, 0.3) is 66.9 Å². The van der Waals surface area contributed by atoms with Crippen molar-refractivity contribution in [1.82, 2.24) is 19.2 Å². The molecule has 0 aliphatic carbocycles. The minimum atomic E-state index is 0.137. The number of nitrogens with one attached hydrogen (secondary N) is 2. The Morgan fingerprint density at radius 1 is 0.691 bits per heavy atom. The Labute approximate surface area is 319 Å². The third-order valence-corrected chi connectivity index (χ3v) is 10.1. The van der Waals surface area contributed by atoms with Crippen molar-refractivity contribution in [2.75, 3.05) is 5.43 Å². The summed E-state index contributed by atoms with van der Waals surface area (Å²) in [5, 5.41) is 12.6. The van der Waals surface area contributed by atoms with Crippen molar-refractivity contribution >= 4 is 50.6 Å². The van der Waals surface area contributed by atoms with E-state index in [0.717, 1.165) is 77.6 Å². The first-order chi connectivity index (χ1) is 27.1. The molecule has 9 aromatic rings. The Morgan fingerprint density at radius 3 is 2.04 bits per heavy atom. The number of fused-ring (bicyclic) bond motifs is 5. The lowest BCUT2D eigenvalue weighted by molar-refractivity contribution is 0.987. The molecular weight excluding hydrogens is 675 g/mol. The molecule has 0 unspecified atom stereocenters. The minimum Gasteiger partial charge on any atom is -0.307 e. The van der Waals surface area contributed by atoms with Crippen LogP contribution < -0.4 is 5.43 Å². The second kappa shape index (κ2) is 14.2. The molecule has 9 rings (SSSR count). The van der Waals surface area contributed by atoms with Crippen LogP contribution in [0.3, 0.4) is 0 Å². The van der Waals surface area contributed by atoms with Gasteiger partial charge in [0.2, 0.25) is 0 Å². The Morgan fingerprint density at radius 2 is 1.35 bits per heavy atom. The van der Waals surface area contributed by atoms with Crippen molar-refractivity contribution in [2.45, 2.75) is 13.8 Å². The maximum Gasteiger partial charge on any atom is 0.161 e. The van der Waals surface area contributed by atoms with Crippen LogP contribution >= 0.6 is 0 Å². The van der Waals surface area contributed by atoms with Gasteiger partial charge in [-0.25, -0.2) is 14.7 Å². The second-order valence-electron chi connectivity index (χ2n) is 13.4. The molecule has 7 nitrogen and oxygen atoms in total. The van der Waals surface area contributed by atoms with Gasteiger partial charge in [0.05, 0.1) is 28.6 Å². The van der Waals surface area contributed by atoms with Crippen molar-refractivity contribution < 1.29 is 0 Å². The van der Waals surface area contributed by atoms with Crippen molar-refractivity contribution in [3.63, 3.8) is 0 Å². The number of aryl methyl sites for hydroxylation is 1. The van der Waals surface area contributed by atoms with Crippen molar-refractivity contribution in [3.8, 4) is 27.9 Å². The number of allylic oxidation sites excluding steroid dienone is 1. The van der Waals surface area contributed by atoms with E-state index in [-0.39, 0.29) is 5.84 Å². The number of hydrogen-bond acceptors (Lipinski definition) is 3. The van der Waals surface area contributed by atoms with Gasteiger partial charge < -0.3 is 4.57 Å². The van der Waals surface area contributed by atoms with Crippen molar-refractivity contribution in [3.05, 3.63) is 193 Å². The van der Waals surface area contributed by atoms with Gasteiger partial charge in [0, 0.05) is 39.7 Å². The lowest BCUT2D eigenvalue weighted by Gasteiger charge is -2.16. The van der Waals surface area contributed by atoms with E-state index in [1.165, 1.54) is 0 Å². The summed E-state index contributed by atoms with van der Waals surface area (Å²) >= 11 is 0. The minimum absolute atomic E-state index is 0.137. The van der Waals surface area contributed by atoms with Gasteiger partial charge in [-0.15, -0.1) is 0 Å². The van der Waals surface area contributed by atoms with E-state index in [4.69, 9.17) is 9.98 Å². The lowest BCUT2D eigenvalue weighted by Crippen LogP contribution is -2.26. The smallest absolute Gasteiger partial charge is 0.161 e. The zero-order valence-corrected chi connectivity index (χ0v) is 30.5. The summed E-state index contributed by atoms with van der Waals surface area (Å²) in [6.45, 7) is 4.16. The van der Waals surface area contributed by atoms with Crippen LogP contribution in [0.5, 0.6) is 0 Å². The molecule has 0 saturated carbocycles. The highest BCUT2D eigenvalue weighted by Crippen LogP contribution is 2.38. The zero-order chi connectivity index (χ0) is 37.3. The highest BCUT2D eigenvalue weighted by Gasteiger charge is 2.23. The number of benzene rings is 5. The molecule has 0 spiro atoms. The van der Waals surface area contributed by atoms with Crippen LogP contribution in [-0.4, -0.2) is 30.9 Å². The third-order valence-electron chi connectivity index (χ3n) is 10.1. The van der Waals surface area contributed by atoms with Gasteiger partial charge in [-0.05, 0) is 78.1 Å². The second-order valence-corrected chi connectivity index (χ2v) is 13.4. The fourth-order valence-corrected chi connectivity index (χ4v) is 7.48. The number of rotatable bonds is 7. The first kappa shape index (κ1) is 33.5. The standard InChI is InChI=1S/C48H37N7/c1-3-15-42-32(2)44-45-41(40-25-10-11-26-43(40)54(45)39-24-14-27-50-30-39)31-51-48(44)55(42)53-47(38-23-13-21-36(29-38)34-18-8-5-9-19-34)52-46(49)37-22-12-20-35(28-37)33-16-6-4-7-17-33/h3-31H,1-2H3,(H2,49,52,53)/b15-3-. The molecule has 4 heterocycles. The van der Waals surface area contributed by atoms with Crippen LogP contribution in [0, 0.1) is 12.3 Å². The molecular formula is C48H37N7. The highest BCUT2D eigenvalue weighted by atomic mass is 15.4. The number of amidine groups is 2. The molecule has 0 aliphatic rings. The largest absolute Gasteiger partial charge is 0.307 e. The Balaban J connectivity index is 1.26. The SMILES string of the molecule is C/C=C\c1c(C)c2c(ncc3c4ccccc4n(-c4cccnc4)c32)n1NC(=NC(=N)c1cccc(-c2ccccc2)c1)c1cccc(-c2ccccc2)c1. The van der Waals surface area contributed by atoms with Crippen LogP contribution in [0.15, 0.2) is 175 Å². The summed E-state index contributed by atoms with van der Waals surface area (Å²) in [5.74, 6) is 0.656. The van der Waals surface area contributed by atoms with Crippen LogP contribution in [0.1, 0.15) is 29.3 Å². The fourth-order valence-electron chi connectivity index (χ4n) is 7.48. The first-order valence-electron chi connectivity index (χ1n) is 18.3. The normalized spacial score (nSPS) is 11.9. The molecule has 55 heavy (non-hydrogen) atoms. The lowest BCUT2D eigenvalue weighted by atomic mass is 10.0. The summed E-state index contributed by atoms with van der Waals surface area (Å²) in [6, 6.07) is 49.3. The van der Waals surface area contributed by atoms with Gasteiger partial charge >= 0.3 is 0 Å². The average Bonchev–Trinajstić information content (AvgIpc) is 3.72. The van der Waals surface area contributed by atoms with Gasteiger partial charge in [0.15, 0.2) is 17.3 Å².